The van der Waals surface area contributed by atoms with E-state index in [1.807, 2.05) is 0 Å². The first-order valence-electron chi connectivity index (χ1n) is 11.5. The second-order valence-corrected chi connectivity index (χ2v) is 8.47. The summed E-state index contributed by atoms with van der Waals surface area (Å²) in [6.07, 6.45) is 0.152. The number of hydrogen-bond acceptors (Lipinski definition) is 7. The van der Waals surface area contributed by atoms with Gasteiger partial charge in [0.05, 0.1) is 35.9 Å². The highest BCUT2D eigenvalue weighted by molar-refractivity contribution is 6.15. The number of amides is 1. The number of benzene rings is 2. The summed E-state index contributed by atoms with van der Waals surface area (Å²) >= 11 is 0. The number of aliphatic hydroxyl groups is 2. The number of aliphatic hydroxyl groups excluding tert-OH is 2. The number of esters is 1. The number of carbonyl (C=O) groups is 2. The van der Waals surface area contributed by atoms with Gasteiger partial charge < -0.3 is 25.0 Å². The summed E-state index contributed by atoms with van der Waals surface area (Å²) in [7, 11) is 0. The molecule has 0 unspecified atom stereocenters. The molecule has 1 aliphatic rings. The third kappa shape index (κ3) is 6.48. The lowest BCUT2D eigenvalue weighted by Crippen LogP contribution is -2.37. The molecule has 0 radical (unpaired) electrons. The van der Waals surface area contributed by atoms with Crippen LogP contribution in [0.3, 0.4) is 0 Å². The lowest BCUT2D eigenvalue weighted by molar-refractivity contribution is -0.137. The summed E-state index contributed by atoms with van der Waals surface area (Å²) in [5, 5.41) is 22.1. The van der Waals surface area contributed by atoms with E-state index in [1.165, 1.54) is 13.8 Å². The number of carbonyl (C=O) groups excluding carboxylic acids is 2. The van der Waals surface area contributed by atoms with E-state index in [-0.39, 0.29) is 32.7 Å². The first-order chi connectivity index (χ1) is 17.6. The standard InChI is InChI=1S/C26H27F3N2O6/c1-3-36-24(34)18(12-30-15(2)13-32)23(33)17-11-19(27)20(22(29)21(17)28)26(9-10-26)31-25(35)37-14-16-7-5-4-6-8-16/h4-8,11-12,15,32-33H,3,9-10,13-14H2,1-2H3,(H,31,35)/b23-18-,30-12?/t15-/m0/s1. The highest BCUT2D eigenvalue weighted by Crippen LogP contribution is 2.48. The monoisotopic (exact) mass is 520 g/mol. The molecule has 1 atom stereocenters. The molecular formula is C26H27F3N2O6. The van der Waals surface area contributed by atoms with Gasteiger partial charge in [-0.05, 0) is 38.3 Å². The second-order valence-electron chi connectivity index (χ2n) is 8.47. The summed E-state index contributed by atoms with van der Waals surface area (Å²) in [6.45, 7) is 2.42. The van der Waals surface area contributed by atoms with Gasteiger partial charge in [-0.2, -0.15) is 0 Å². The van der Waals surface area contributed by atoms with Gasteiger partial charge in [-0.15, -0.1) is 0 Å². The maximum absolute atomic E-state index is 15.2. The number of halogens is 3. The average molecular weight is 521 g/mol. The largest absolute Gasteiger partial charge is 0.506 e. The van der Waals surface area contributed by atoms with E-state index in [1.54, 1.807) is 30.3 Å². The summed E-state index contributed by atoms with van der Waals surface area (Å²) in [5.74, 6) is -6.73. The Morgan fingerprint density at radius 1 is 1.16 bits per heavy atom. The Balaban J connectivity index is 1.92. The summed E-state index contributed by atoms with van der Waals surface area (Å²) in [6, 6.07) is 8.61. The Kier molecular flexibility index (Phi) is 8.93. The van der Waals surface area contributed by atoms with Gasteiger partial charge in [0.2, 0.25) is 0 Å². The zero-order chi connectivity index (χ0) is 27.2. The first-order valence-corrected chi connectivity index (χ1v) is 11.5. The second kappa shape index (κ2) is 11.9. The smallest absolute Gasteiger partial charge is 0.408 e. The van der Waals surface area contributed by atoms with E-state index in [9.17, 15) is 14.7 Å². The van der Waals surface area contributed by atoms with Crippen molar-refractivity contribution in [2.24, 2.45) is 4.99 Å². The van der Waals surface area contributed by atoms with Gasteiger partial charge in [0.1, 0.15) is 23.8 Å². The van der Waals surface area contributed by atoms with Gasteiger partial charge in [0.25, 0.3) is 0 Å². The third-order valence-electron chi connectivity index (χ3n) is 5.67. The summed E-state index contributed by atoms with van der Waals surface area (Å²) < 4.78 is 55.4. The predicted octanol–water partition coefficient (Wildman–Crippen LogP) is 4.30. The Morgan fingerprint density at radius 2 is 1.84 bits per heavy atom. The quantitative estimate of drug-likeness (QED) is 0.141. The molecule has 0 aromatic heterocycles. The van der Waals surface area contributed by atoms with Crippen LogP contribution in [0.2, 0.25) is 0 Å². The van der Waals surface area contributed by atoms with Crippen LogP contribution in [0.15, 0.2) is 47.0 Å². The van der Waals surface area contributed by atoms with Gasteiger partial charge in [-0.3, -0.25) is 4.99 Å². The molecular weight excluding hydrogens is 493 g/mol. The van der Waals surface area contributed by atoms with E-state index in [4.69, 9.17) is 14.6 Å². The van der Waals surface area contributed by atoms with Crippen molar-refractivity contribution in [1.29, 1.82) is 0 Å². The van der Waals surface area contributed by atoms with E-state index in [2.05, 4.69) is 10.3 Å². The van der Waals surface area contributed by atoms with Crippen LogP contribution in [0.25, 0.3) is 5.76 Å². The minimum atomic E-state index is -1.63. The van der Waals surface area contributed by atoms with E-state index in [0.717, 1.165) is 6.21 Å². The molecule has 198 valence electrons. The van der Waals surface area contributed by atoms with Crippen LogP contribution < -0.4 is 5.32 Å². The molecule has 37 heavy (non-hydrogen) atoms. The van der Waals surface area contributed by atoms with Crippen molar-refractivity contribution in [2.45, 2.75) is 44.9 Å². The van der Waals surface area contributed by atoms with Crippen molar-refractivity contribution < 1.29 is 42.4 Å². The lowest BCUT2D eigenvalue weighted by Gasteiger charge is -2.20. The number of alkyl carbamates (subject to hydrolysis) is 1. The Bertz CT molecular complexity index is 1210. The lowest BCUT2D eigenvalue weighted by atomic mass is 9.98. The van der Waals surface area contributed by atoms with Crippen LogP contribution in [0.1, 0.15) is 43.4 Å². The van der Waals surface area contributed by atoms with E-state index < -0.39 is 63.6 Å². The molecule has 1 fully saturated rings. The minimum absolute atomic E-state index is 0.0766. The molecule has 0 heterocycles. The van der Waals surface area contributed by atoms with Crippen LogP contribution >= 0.6 is 0 Å². The van der Waals surface area contributed by atoms with Crippen LogP contribution in [-0.4, -0.2) is 47.7 Å². The Morgan fingerprint density at radius 3 is 2.43 bits per heavy atom. The van der Waals surface area contributed by atoms with Crippen molar-refractivity contribution >= 4 is 24.0 Å². The van der Waals surface area contributed by atoms with Crippen LogP contribution in [0.5, 0.6) is 0 Å². The van der Waals surface area contributed by atoms with Crippen LogP contribution in [0, 0.1) is 17.5 Å². The number of aliphatic imine (C=N–C) groups is 1. The predicted molar refractivity (Wildman–Crippen MR) is 128 cm³/mol. The molecule has 11 heteroatoms. The maximum atomic E-state index is 15.2. The maximum Gasteiger partial charge on any atom is 0.408 e. The molecule has 3 rings (SSSR count). The van der Waals surface area contributed by atoms with Crippen molar-refractivity contribution in [2.75, 3.05) is 13.2 Å². The molecule has 2 aromatic carbocycles. The zero-order valence-corrected chi connectivity index (χ0v) is 20.3. The van der Waals surface area contributed by atoms with Crippen molar-refractivity contribution in [1.82, 2.24) is 5.32 Å². The molecule has 8 nitrogen and oxygen atoms in total. The molecule has 0 aliphatic heterocycles. The number of ether oxygens (including phenoxy) is 2. The van der Waals surface area contributed by atoms with Crippen LogP contribution in [-0.2, 0) is 26.4 Å². The normalized spacial score (nSPS) is 15.6. The zero-order valence-electron chi connectivity index (χ0n) is 20.3. The summed E-state index contributed by atoms with van der Waals surface area (Å²) in [5.41, 5.74) is -3.14. The molecule has 3 N–H and O–H groups in total. The number of nitrogens with one attached hydrogen (secondary N) is 1. The fourth-order valence-electron chi connectivity index (χ4n) is 3.54. The van der Waals surface area contributed by atoms with Crippen molar-refractivity contribution in [3.8, 4) is 0 Å². The van der Waals surface area contributed by atoms with Crippen molar-refractivity contribution in [3.05, 3.63) is 76.1 Å². The Labute approximate surface area is 211 Å². The van der Waals surface area contributed by atoms with Gasteiger partial charge >= 0.3 is 12.1 Å². The fourth-order valence-corrected chi connectivity index (χ4v) is 3.54. The molecule has 0 spiro atoms. The molecule has 2 aromatic rings. The highest BCUT2D eigenvalue weighted by atomic mass is 19.2. The molecule has 1 amide bonds. The van der Waals surface area contributed by atoms with Crippen LogP contribution in [0.4, 0.5) is 18.0 Å². The van der Waals surface area contributed by atoms with Gasteiger partial charge in [-0.1, -0.05) is 30.3 Å². The molecule has 0 bridgehead atoms. The topological polar surface area (TPSA) is 117 Å². The number of hydrogen-bond donors (Lipinski definition) is 3. The first kappa shape index (κ1) is 27.7. The number of nitrogens with zero attached hydrogens (tertiary/aromatic N) is 1. The minimum Gasteiger partial charge on any atom is -0.506 e. The van der Waals surface area contributed by atoms with E-state index >= 15 is 13.2 Å². The third-order valence-corrected chi connectivity index (χ3v) is 5.67. The molecule has 1 saturated carbocycles. The fraction of sp³-hybridized carbons (Fsp3) is 0.346. The molecule has 1 aliphatic carbocycles. The molecule has 0 saturated heterocycles. The average Bonchev–Trinajstić information content (AvgIpc) is 3.65. The van der Waals surface area contributed by atoms with Crippen molar-refractivity contribution in [3.63, 3.8) is 0 Å². The number of rotatable bonds is 10. The highest BCUT2D eigenvalue weighted by Gasteiger charge is 2.51. The SMILES string of the molecule is CCOC(=O)/C(C=N[C@@H](C)CO)=C(\O)c1cc(F)c(C2(NC(=O)OCc3ccccc3)CC2)c(F)c1F. The van der Waals surface area contributed by atoms with Gasteiger partial charge in [-0.25, -0.2) is 22.8 Å². The Hall–Kier alpha value is -3.86. The van der Waals surface area contributed by atoms with Gasteiger partial charge in [0, 0.05) is 6.21 Å². The van der Waals surface area contributed by atoms with E-state index in [0.29, 0.717) is 11.6 Å². The summed E-state index contributed by atoms with van der Waals surface area (Å²) in [4.78, 5) is 28.4. The van der Waals surface area contributed by atoms with Gasteiger partial charge in [0.15, 0.2) is 11.6 Å².